The van der Waals surface area contributed by atoms with Gasteiger partial charge in [0.1, 0.15) is 5.75 Å². The highest BCUT2D eigenvalue weighted by atomic mass is 16.5. The Labute approximate surface area is 109 Å². The van der Waals surface area contributed by atoms with Crippen molar-refractivity contribution in [2.24, 2.45) is 5.92 Å². The van der Waals surface area contributed by atoms with Gasteiger partial charge in [0, 0.05) is 6.42 Å². The molecule has 0 aromatic heterocycles. The van der Waals surface area contributed by atoms with Crippen molar-refractivity contribution >= 4 is 5.78 Å². The quantitative estimate of drug-likeness (QED) is 0.746. The molecular weight excluding hydrogens is 224 g/mol. The molecule has 2 nitrogen and oxygen atoms in total. The fourth-order valence-corrected chi connectivity index (χ4v) is 2.80. The molecule has 0 radical (unpaired) electrons. The van der Waals surface area contributed by atoms with Gasteiger partial charge in [-0.25, -0.2) is 0 Å². The van der Waals surface area contributed by atoms with Crippen molar-refractivity contribution in [1.29, 1.82) is 0 Å². The van der Waals surface area contributed by atoms with Gasteiger partial charge in [-0.3, -0.25) is 4.79 Å². The largest absolute Gasteiger partial charge is 0.496 e. The monoisotopic (exact) mass is 246 g/mol. The van der Waals surface area contributed by atoms with Crippen LogP contribution in [0.5, 0.6) is 5.75 Å². The van der Waals surface area contributed by atoms with Crippen LogP contribution in [-0.4, -0.2) is 12.9 Å². The molecule has 18 heavy (non-hydrogen) atoms. The van der Waals surface area contributed by atoms with Gasteiger partial charge in [-0.05, 0) is 25.0 Å². The van der Waals surface area contributed by atoms with E-state index < -0.39 is 0 Å². The van der Waals surface area contributed by atoms with Crippen LogP contribution in [0.15, 0.2) is 18.2 Å². The lowest BCUT2D eigenvalue weighted by molar-refractivity contribution is 0.0947. The first-order valence-corrected chi connectivity index (χ1v) is 6.88. The number of methoxy groups -OCH3 is 1. The summed E-state index contributed by atoms with van der Waals surface area (Å²) in [4.78, 5) is 12.4. The summed E-state index contributed by atoms with van der Waals surface area (Å²) in [6, 6.07) is 5.82. The highest BCUT2D eigenvalue weighted by Gasteiger charge is 2.20. The van der Waals surface area contributed by atoms with E-state index in [0.29, 0.717) is 18.1 Å². The second kappa shape index (κ2) is 6.03. The van der Waals surface area contributed by atoms with E-state index in [-0.39, 0.29) is 5.78 Å². The van der Waals surface area contributed by atoms with E-state index in [1.165, 1.54) is 32.1 Å². The van der Waals surface area contributed by atoms with Crippen molar-refractivity contribution in [2.45, 2.75) is 45.4 Å². The Hall–Kier alpha value is -1.31. The summed E-state index contributed by atoms with van der Waals surface area (Å²) in [7, 11) is 1.63. The molecule has 0 bridgehead atoms. The average Bonchev–Trinajstić information content (AvgIpc) is 2.40. The number of carbonyl (C=O) groups excluding carboxylic acids is 1. The summed E-state index contributed by atoms with van der Waals surface area (Å²) in [5, 5.41) is 0. The molecule has 2 heteroatoms. The van der Waals surface area contributed by atoms with Crippen molar-refractivity contribution in [2.75, 3.05) is 7.11 Å². The molecule has 0 unspecified atom stereocenters. The number of carbonyl (C=O) groups is 1. The Balaban J connectivity index is 2.09. The topological polar surface area (TPSA) is 26.3 Å². The zero-order valence-corrected chi connectivity index (χ0v) is 11.4. The molecule has 1 aromatic carbocycles. The zero-order valence-electron chi connectivity index (χ0n) is 11.4. The molecular formula is C16H22O2. The number of hydrogen-bond donors (Lipinski definition) is 0. The minimum Gasteiger partial charge on any atom is -0.496 e. The maximum Gasteiger partial charge on any atom is 0.166 e. The van der Waals surface area contributed by atoms with E-state index in [9.17, 15) is 4.79 Å². The number of hydrogen-bond acceptors (Lipinski definition) is 2. The van der Waals surface area contributed by atoms with Crippen molar-refractivity contribution in [3.05, 3.63) is 29.3 Å². The van der Waals surface area contributed by atoms with E-state index >= 15 is 0 Å². The molecule has 1 saturated carbocycles. The van der Waals surface area contributed by atoms with Crippen molar-refractivity contribution in [3.8, 4) is 5.75 Å². The number of aryl methyl sites for hydroxylation is 1. The summed E-state index contributed by atoms with van der Waals surface area (Å²) in [5.74, 6) is 1.53. The molecule has 98 valence electrons. The van der Waals surface area contributed by atoms with Gasteiger partial charge in [-0.15, -0.1) is 0 Å². The summed E-state index contributed by atoms with van der Waals surface area (Å²) >= 11 is 0. The first kappa shape index (κ1) is 13.1. The Morgan fingerprint density at radius 2 is 2.00 bits per heavy atom. The Morgan fingerprint density at radius 1 is 1.28 bits per heavy atom. The fourth-order valence-electron chi connectivity index (χ4n) is 2.80. The van der Waals surface area contributed by atoms with Crippen LogP contribution in [0.4, 0.5) is 0 Å². The fraction of sp³-hybridized carbons (Fsp3) is 0.562. The molecule has 0 saturated heterocycles. The van der Waals surface area contributed by atoms with Crippen LogP contribution in [-0.2, 0) is 0 Å². The SMILES string of the molecule is COc1ccc(C)cc1C(=O)CC1CCCCC1. The molecule has 0 atom stereocenters. The summed E-state index contributed by atoms with van der Waals surface area (Å²) < 4.78 is 5.29. The first-order valence-electron chi connectivity index (χ1n) is 6.88. The predicted molar refractivity (Wildman–Crippen MR) is 73.3 cm³/mol. The predicted octanol–water partition coefficient (Wildman–Crippen LogP) is 4.16. The second-order valence-electron chi connectivity index (χ2n) is 5.34. The third-order valence-corrected chi connectivity index (χ3v) is 3.85. The van der Waals surface area contributed by atoms with Gasteiger partial charge in [0.05, 0.1) is 12.7 Å². The van der Waals surface area contributed by atoms with E-state index in [0.717, 1.165) is 11.1 Å². The smallest absolute Gasteiger partial charge is 0.166 e. The van der Waals surface area contributed by atoms with Crippen LogP contribution in [0.2, 0.25) is 0 Å². The van der Waals surface area contributed by atoms with Crippen molar-refractivity contribution < 1.29 is 9.53 Å². The van der Waals surface area contributed by atoms with Crippen molar-refractivity contribution in [1.82, 2.24) is 0 Å². The molecule has 1 fully saturated rings. The molecule has 1 aliphatic carbocycles. The molecule has 0 aliphatic heterocycles. The molecule has 0 N–H and O–H groups in total. The van der Waals surface area contributed by atoms with Gasteiger partial charge in [0.2, 0.25) is 0 Å². The Kier molecular flexibility index (Phi) is 4.40. The van der Waals surface area contributed by atoms with E-state index in [1.54, 1.807) is 7.11 Å². The molecule has 0 spiro atoms. The number of ether oxygens (including phenoxy) is 1. The van der Waals surface area contributed by atoms with E-state index in [2.05, 4.69) is 0 Å². The second-order valence-corrected chi connectivity index (χ2v) is 5.34. The lowest BCUT2D eigenvalue weighted by atomic mass is 9.84. The third-order valence-electron chi connectivity index (χ3n) is 3.85. The highest BCUT2D eigenvalue weighted by molar-refractivity contribution is 5.99. The zero-order chi connectivity index (χ0) is 13.0. The Bertz CT molecular complexity index is 417. The lowest BCUT2D eigenvalue weighted by Crippen LogP contribution is -2.13. The van der Waals surface area contributed by atoms with Crippen LogP contribution >= 0.6 is 0 Å². The maximum atomic E-state index is 12.4. The van der Waals surface area contributed by atoms with Gasteiger partial charge in [-0.1, -0.05) is 43.7 Å². The number of benzene rings is 1. The van der Waals surface area contributed by atoms with Crippen LogP contribution in [0.25, 0.3) is 0 Å². The standard InChI is InChI=1S/C16H22O2/c1-12-8-9-16(18-2)14(10-12)15(17)11-13-6-4-3-5-7-13/h8-10,13H,3-7,11H2,1-2H3. The lowest BCUT2D eigenvalue weighted by Gasteiger charge is -2.21. The first-order chi connectivity index (χ1) is 8.70. The minimum absolute atomic E-state index is 0.238. The van der Waals surface area contributed by atoms with Crippen molar-refractivity contribution in [3.63, 3.8) is 0 Å². The van der Waals surface area contributed by atoms with Crippen LogP contribution in [0.1, 0.15) is 54.4 Å². The van der Waals surface area contributed by atoms with E-state index in [1.807, 2.05) is 25.1 Å². The minimum atomic E-state index is 0.238. The number of rotatable bonds is 4. The highest BCUT2D eigenvalue weighted by Crippen LogP contribution is 2.29. The summed E-state index contributed by atoms with van der Waals surface area (Å²) in [6.45, 7) is 2.01. The summed E-state index contributed by atoms with van der Waals surface area (Å²) in [6.07, 6.45) is 6.99. The van der Waals surface area contributed by atoms with Gasteiger partial charge < -0.3 is 4.74 Å². The maximum absolute atomic E-state index is 12.4. The molecule has 1 aliphatic rings. The van der Waals surface area contributed by atoms with E-state index in [4.69, 9.17) is 4.74 Å². The Morgan fingerprint density at radius 3 is 2.67 bits per heavy atom. The molecule has 0 heterocycles. The van der Waals surface area contributed by atoms with Crippen LogP contribution in [0.3, 0.4) is 0 Å². The van der Waals surface area contributed by atoms with Crippen LogP contribution < -0.4 is 4.74 Å². The van der Waals surface area contributed by atoms with Gasteiger partial charge in [0.15, 0.2) is 5.78 Å². The molecule has 2 rings (SSSR count). The average molecular weight is 246 g/mol. The number of Topliss-reactive ketones (excluding diaryl/α,β-unsaturated/α-hetero) is 1. The van der Waals surface area contributed by atoms with Crippen LogP contribution in [0, 0.1) is 12.8 Å². The van der Waals surface area contributed by atoms with Gasteiger partial charge in [-0.2, -0.15) is 0 Å². The van der Waals surface area contributed by atoms with Gasteiger partial charge >= 0.3 is 0 Å². The number of ketones is 1. The third kappa shape index (κ3) is 3.12. The molecule has 1 aromatic rings. The normalized spacial score (nSPS) is 16.6. The summed E-state index contributed by atoms with van der Waals surface area (Å²) in [5.41, 5.74) is 1.87. The van der Waals surface area contributed by atoms with Gasteiger partial charge in [0.25, 0.3) is 0 Å². The molecule has 0 amide bonds.